The molecule has 4 N–H and O–H groups in total. The summed E-state index contributed by atoms with van der Waals surface area (Å²) in [4.78, 5) is 19.6. The summed E-state index contributed by atoms with van der Waals surface area (Å²) in [5, 5.41) is 26.7. The van der Waals surface area contributed by atoms with Crippen LogP contribution >= 0.6 is 0 Å². The molecule has 7 heteroatoms. The van der Waals surface area contributed by atoms with Crippen LogP contribution in [0.15, 0.2) is 51.8 Å². The molecule has 1 fully saturated rings. The number of nitrogens with zero attached hydrogens (tertiary/aromatic N) is 2. The number of aliphatic hydroxyl groups excluding tert-OH is 2. The molecule has 2 rings (SSSR count). The molecule has 2 aliphatic rings. The normalized spacial score (nSPS) is 22.5. The number of hydrogen-bond donors (Lipinski definition) is 4. The number of nitrogens with one attached hydrogen (secondary N) is 2. The average molecular weight is 489 g/mol. The summed E-state index contributed by atoms with van der Waals surface area (Å²) < 4.78 is 0. The monoisotopic (exact) mass is 488 g/mol. The van der Waals surface area contributed by atoms with Crippen LogP contribution in [-0.4, -0.2) is 71.7 Å². The number of aliphatic hydroxyl groups is 2. The Hall–Kier alpha value is -2.38. The van der Waals surface area contributed by atoms with Gasteiger partial charge < -0.3 is 25.7 Å². The van der Waals surface area contributed by atoms with Gasteiger partial charge in [0.2, 0.25) is 5.91 Å². The van der Waals surface area contributed by atoms with Gasteiger partial charge in [-0.25, -0.2) is 0 Å². The number of allylic oxidation sites excluding steroid dienone is 4. The van der Waals surface area contributed by atoms with Crippen LogP contribution in [0.3, 0.4) is 0 Å². The van der Waals surface area contributed by atoms with E-state index in [2.05, 4.69) is 34.6 Å². The number of hydrogen-bond acceptors (Lipinski definition) is 5. The highest BCUT2D eigenvalue weighted by Crippen LogP contribution is 2.24. The standard InChI is InChI=1S/C26H42N4O3.C2H6/c1-6-10-24(32)26(33)29-20-11-9-14-30(17-20)25(28-16-19(7-2)23(31)8-3)21-13-12-18(4)15-22(21)27-5;1-2/h7-8,12-13,20,22,24,27,31-32H,6,9-11,14-17H2,1-5H3,(H,29,33);1-2H3/b19-7-,23-8+,28-25?;/t20-,22?,24?;/m0./s1. The Labute approximate surface area is 212 Å². The maximum absolute atomic E-state index is 12.4. The molecule has 1 saturated heterocycles. The van der Waals surface area contributed by atoms with E-state index in [1.54, 1.807) is 6.08 Å². The van der Waals surface area contributed by atoms with Crippen LogP contribution in [0.25, 0.3) is 0 Å². The van der Waals surface area contributed by atoms with Crippen molar-refractivity contribution < 1.29 is 15.0 Å². The van der Waals surface area contributed by atoms with E-state index in [4.69, 9.17) is 4.99 Å². The van der Waals surface area contributed by atoms with Crippen molar-refractivity contribution in [3.8, 4) is 0 Å². The van der Waals surface area contributed by atoms with Gasteiger partial charge in [-0.05, 0) is 59.6 Å². The van der Waals surface area contributed by atoms with Gasteiger partial charge in [0.05, 0.1) is 6.54 Å². The van der Waals surface area contributed by atoms with Crippen LogP contribution in [-0.2, 0) is 4.79 Å². The molecule has 2 unspecified atom stereocenters. The minimum Gasteiger partial charge on any atom is -0.508 e. The van der Waals surface area contributed by atoms with Gasteiger partial charge in [0.1, 0.15) is 17.7 Å². The zero-order chi connectivity index (χ0) is 26.4. The van der Waals surface area contributed by atoms with Crippen molar-refractivity contribution in [3.63, 3.8) is 0 Å². The first-order valence-electron chi connectivity index (χ1n) is 13.2. The molecule has 198 valence electrons. The number of likely N-dealkylation sites (tertiary alicyclic amines) is 1. The minimum atomic E-state index is -0.956. The second kappa shape index (κ2) is 16.3. The van der Waals surface area contributed by atoms with Gasteiger partial charge in [0, 0.05) is 36.3 Å². The molecule has 3 atom stereocenters. The van der Waals surface area contributed by atoms with Crippen molar-refractivity contribution in [2.45, 2.75) is 91.8 Å². The zero-order valence-electron chi connectivity index (χ0n) is 22.9. The van der Waals surface area contributed by atoms with Crippen molar-refractivity contribution in [1.29, 1.82) is 0 Å². The summed E-state index contributed by atoms with van der Waals surface area (Å²) in [5.41, 5.74) is 3.21. The number of rotatable bonds is 9. The minimum absolute atomic E-state index is 0.0393. The fraction of sp³-hybridized carbons (Fsp3) is 0.643. The van der Waals surface area contributed by atoms with Crippen molar-refractivity contribution >= 4 is 11.7 Å². The Balaban J connectivity index is 0.00000298. The lowest BCUT2D eigenvalue weighted by molar-refractivity contribution is -0.130. The maximum atomic E-state index is 12.4. The van der Waals surface area contributed by atoms with Crippen molar-refractivity contribution in [2.24, 2.45) is 4.99 Å². The Morgan fingerprint density at radius 3 is 2.60 bits per heavy atom. The van der Waals surface area contributed by atoms with E-state index in [-0.39, 0.29) is 23.8 Å². The molecule has 0 aromatic heterocycles. The first kappa shape index (κ1) is 30.7. The number of amidine groups is 1. The molecule has 0 aromatic carbocycles. The van der Waals surface area contributed by atoms with Crippen LogP contribution in [0.2, 0.25) is 0 Å². The second-order valence-electron chi connectivity index (χ2n) is 8.91. The number of piperidine rings is 1. The van der Waals surface area contributed by atoms with E-state index >= 15 is 0 Å². The largest absolute Gasteiger partial charge is 0.508 e. The van der Waals surface area contributed by atoms with Crippen LogP contribution in [0, 0.1) is 0 Å². The lowest BCUT2D eigenvalue weighted by Gasteiger charge is -2.38. The molecule has 0 bridgehead atoms. The van der Waals surface area contributed by atoms with Crippen LogP contribution in [0.1, 0.15) is 73.6 Å². The molecule has 0 saturated carbocycles. The number of amides is 1. The third-order valence-electron chi connectivity index (χ3n) is 6.34. The van der Waals surface area contributed by atoms with Crippen LogP contribution < -0.4 is 10.6 Å². The van der Waals surface area contributed by atoms with Gasteiger partial charge in [-0.1, -0.05) is 51.0 Å². The predicted octanol–water partition coefficient (Wildman–Crippen LogP) is 4.43. The summed E-state index contributed by atoms with van der Waals surface area (Å²) in [5.74, 6) is 0.849. The molecule has 1 heterocycles. The van der Waals surface area contributed by atoms with Crippen molar-refractivity contribution in [2.75, 3.05) is 26.7 Å². The van der Waals surface area contributed by atoms with Gasteiger partial charge in [-0.15, -0.1) is 0 Å². The number of aliphatic imine (C=N–C) groups is 1. The number of carbonyl (C=O) groups excluding carboxylic acids is 1. The van der Waals surface area contributed by atoms with E-state index in [1.807, 2.05) is 47.7 Å². The Morgan fingerprint density at radius 2 is 2.00 bits per heavy atom. The van der Waals surface area contributed by atoms with E-state index in [1.165, 1.54) is 5.57 Å². The molecule has 0 aromatic rings. The molecule has 1 amide bonds. The first-order chi connectivity index (χ1) is 16.8. The molecule has 1 aliphatic carbocycles. The fourth-order valence-electron chi connectivity index (χ4n) is 4.36. The highest BCUT2D eigenvalue weighted by Gasteiger charge is 2.30. The fourth-order valence-corrected chi connectivity index (χ4v) is 4.36. The Bertz CT molecular complexity index is 826. The van der Waals surface area contributed by atoms with Gasteiger partial charge in [-0.2, -0.15) is 0 Å². The lowest BCUT2D eigenvalue weighted by Crippen LogP contribution is -2.53. The third-order valence-corrected chi connectivity index (χ3v) is 6.34. The molecular formula is C28H48N4O3. The maximum Gasteiger partial charge on any atom is 0.249 e. The Kier molecular flexibility index (Phi) is 14.3. The molecule has 7 nitrogen and oxygen atoms in total. The SMILES string of the molecule is C/C=C(CN=C(C1=CC=C(C)CC1NC)N1CCC[C@H](NC(=O)C(O)CCC)C1)\C(O)=C/C.CC. The summed E-state index contributed by atoms with van der Waals surface area (Å²) in [6.07, 6.45) is 10.8. The summed E-state index contributed by atoms with van der Waals surface area (Å²) in [6, 6.07) is 0.113. The second-order valence-corrected chi connectivity index (χ2v) is 8.91. The summed E-state index contributed by atoms with van der Waals surface area (Å²) >= 11 is 0. The molecule has 1 aliphatic heterocycles. The molecular weight excluding hydrogens is 440 g/mol. The summed E-state index contributed by atoms with van der Waals surface area (Å²) in [7, 11) is 1.96. The number of carbonyl (C=O) groups is 1. The van der Waals surface area contributed by atoms with E-state index in [9.17, 15) is 15.0 Å². The molecule has 35 heavy (non-hydrogen) atoms. The Morgan fingerprint density at radius 1 is 1.29 bits per heavy atom. The zero-order valence-corrected chi connectivity index (χ0v) is 22.9. The van der Waals surface area contributed by atoms with Gasteiger partial charge >= 0.3 is 0 Å². The van der Waals surface area contributed by atoms with E-state index in [0.717, 1.165) is 49.2 Å². The third kappa shape index (κ3) is 9.30. The van der Waals surface area contributed by atoms with E-state index < -0.39 is 6.10 Å². The van der Waals surface area contributed by atoms with Crippen molar-refractivity contribution in [1.82, 2.24) is 15.5 Å². The van der Waals surface area contributed by atoms with E-state index in [0.29, 0.717) is 19.5 Å². The highest BCUT2D eigenvalue weighted by molar-refractivity contribution is 6.00. The first-order valence-corrected chi connectivity index (χ1v) is 13.2. The predicted molar refractivity (Wildman–Crippen MR) is 147 cm³/mol. The van der Waals surface area contributed by atoms with Gasteiger partial charge in [0.25, 0.3) is 0 Å². The highest BCUT2D eigenvalue weighted by atomic mass is 16.3. The molecule has 0 radical (unpaired) electrons. The topological polar surface area (TPSA) is 97.2 Å². The average Bonchev–Trinajstić information content (AvgIpc) is 2.88. The van der Waals surface area contributed by atoms with Crippen molar-refractivity contribution in [3.05, 3.63) is 46.8 Å². The molecule has 0 spiro atoms. The smallest absolute Gasteiger partial charge is 0.249 e. The lowest BCUT2D eigenvalue weighted by atomic mass is 9.91. The summed E-state index contributed by atoms with van der Waals surface area (Å²) in [6.45, 7) is 13.7. The van der Waals surface area contributed by atoms with Gasteiger partial charge in [-0.3, -0.25) is 9.79 Å². The quantitative estimate of drug-likeness (QED) is 0.167. The van der Waals surface area contributed by atoms with Crippen LogP contribution in [0.5, 0.6) is 0 Å². The van der Waals surface area contributed by atoms with Crippen LogP contribution in [0.4, 0.5) is 0 Å². The number of likely N-dealkylation sites (N-methyl/N-ethyl adjacent to an activating group) is 1. The van der Waals surface area contributed by atoms with Gasteiger partial charge in [0.15, 0.2) is 0 Å².